The molecule has 1 aliphatic carbocycles. The predicted octanol–water partition coefficient (Wildman–Crippen LogP) is 9.90. The Balaban J connectivity index is 0.000000193. The maximum absolute atomic E-state index is 12.8. The van der Waals surface area contributed by atoms with E-state index in [0.29, 0.717) is 83.9 Å². The average Bonchev–Trinajstić information content (AvgIpc) is 1.59. The van der Waals surface area contributed by atoms with Crippen molar-refractivity contribution < 1.29 is 33.6 Å². The molecule has 3 N–H and O–H groups in total. The van der Waals surface area contributed by atoms with Crippen LogP contribution in [0.15, 0.2) is 30.3 Å². The lowest BCUT2D eigenvalue weighted by Crippen LogP contribution is -2.61. The maximum atomic E-state index is 12.8. The third-order valence-electron chi connectivity index (χ3n) is 31.4. The van der Waals surface area contributed by atoms with Gasteiger partial charge < -0.3 is 69.8 Å². The van der Waals surface area contributed by atoms with Crippen LogP contribution in [0.3, 0.4) is 0 Å². The zero-order valence-electron chi connectivity index (χ0n) is 89.5. The van der Waals surface area contributed by atoms with Gasteiger partial charge in [0.1, 0.15) is 0 Å². The van der Waals surface area contributed by atoms with Crippen LogP contribution in [0.4, 0.5) is 0 Å². The van der Waals surface area contributed by atoms with Crippen molar-refractivity contribution in [1.82, 2.24) is 104 Å². The molecule has 14 rings (SSSR count). The third kappa shape index (κ3) is 35.6. The molecule has 0 aromatic heterocycles. The van der Waals surface area contributed by atoms with Crippen molar-refractivity contribution in [3.05, 3.63) is 35.9 Å². The second kappa shape index (κ2) is 58.4. The highest BCUT2D eigenvalue weighted by Crippen LogP contribution is 2.34. The van der Waals surface area contributed by atoms with Gasteiger partial charge in [0.2, 0.25) is 41.4 Å². The SMILES string of the molecule is CC(C)N1CCC[C@@H]1C(=O)N(C)C1CCN(C)CC1.CC(C)N1CCC[C@@H]1C(=O)N(C)CCCN(C)C.CC(C)N1CCC[C@@H]1C(=O)N1CCC(N2CCCC2)CC1.CC(C)N1CCC[C@@H]1C(=O)N1CCN(Cc2ccccc2)CC1.CC(C)N1CCC[C@@H]1C(=O)NCCC1CCCN1C.CC(C)N1CCC[C@@H]1C(=O)NCCN(C)C.CC(C)NC1(C(=O)N2CCN(C)CC2)CCCC1. The molecule has 0 bridgehead atoms. The van der Waals surface area contributed by atoms with Crippen LogP contribution in [0.2, 0.25) is 0 Å². The number of rotatable bonds is 29. The Morgan fingerprint density at radius 1 is 0.381 bits per heavy atom. The zero-order chi connectivity index (χ0) is 97.9. The van der Waals surface area contributed by atoms with Gasteiger partial charge in [-0.25, -0.2) is 0 Å². The molecule has 28 heteroatoms. The first-order valence-corrected chi connectivity index (χ1v) is 54.0. The number of nitrogens with zero attached hydrogens (tertiary/aromatic N) is 18. The van der Waals surface area contributed by atoms with Crippen LogP contribution in [0.5, 0.6) is 0 Å². The minimum Gasteiger partial charge on any atom is -0.355 e. The van der Waals surface area contributed by atoms with Crippen LogP contribution >= 0.6 is 0 Å². The second-order valence-electron chi connectivity index (χ2n) is 44.4. The number of piperidine rings is 2. The van der Waals surface area contributed by atoms with Crippen molar-refractivity contribution in [3.8, 4) is 0 Å². The summed E-state index contributed by atoms with van der Waals surface area (Å²) in [6.07, 6.45) is 29.6. The van der Waals surface area contributed by atoms with Gasteiger partial charge in [0.05, 0.1) is 41.8 Å². The van der Waals surface area contributed by atoms with Gasteiger partial charge in [-0.1, -0.05) is 43.2 Å². The molecule has 7 atom stereocenters. The van der Waals surface area contributed by atoms with Crippen molar-refractivity contribution in [1.29, 1.82) is 0 Å². The first kappa shape index (κ1) is 114. The van der Waals surface area contributed by atoms with Gasteiger partial charge in [-0.3, -0.25) is 67.9 Å². The largest absolute Gasteiger partial charge is 0.355 e. The summed E-state index contributed by atoms with van der Waals surface area (Å²) in [5, 5.41) is 9.73. The number of piperazine rings is 2. The van der Waals surface area contributed by atoms with Crippen LogP contribution in [-0.4, -0.2) is 465 Å². The molecule has 12 aliphatic heterocycles. The van der Waals surface area contributed by atoms with E-state index >= 15 is 0 Å². The molecule has 12 saturated heterocycles. The number of hydrogen-bond acceptors (Lipinski definition) is 21. The summed E-state index contributed by atoms with van der Waals surface area (Å²) in [6.45, 7) is 57.8. The highest BCUT2D eigenvalue weighted by atomic mass is 16.2. The van der Waals surface area contributed by atoms with Crippen molar-refractivity contribution in [3.63, 3.8) is 0 Å². The van der Waals surface area contributed by atoms with Crippen molar-refractivity contribution in [2.75, 3.05) is 234 Å². The minimum absolute atomic E-state index is 0.0992. The number of benzene rings is 1. The van der Waals surface area contributed by atoms with Crippen LogP contribution in [-0.2, 0) is 40.1 Å². The van der Waals surface area contributed by atoms with Crippen LogP contribution in [0.1, 0.15) is 269 Å². The molecule has 770 valence electrons. The van der Waals surface area contributed by atoms with Crippen molar-refractivity contribution in [2.24, 2.45) is 0 Å². The smallest absolute Gasteiger partial charge is 0.242 e. The van der Waals surface area contributed by atoms with Gasteiger partial charge in [0.25, 0.3) is 0 Å². The maximum Gasteiger partial charge on any atom is 0.242 e. The van der Waals surface area contributed by atoms with Crippen LogP contribution < -0.4 is 16.0 Å². The summed E-state index contributed by atoms with van der Waals surface area (Å²) in [7, 11) is 18.6. The fraction of sp³-hybridized carbons (Fsp3) is 0.877. The zero-order valence-corrected chi connectivity index (χ0v) is 89.5. The summed E-state index contributed by atoms with van der Waals surface area (Å²) in [5.74, 6) is 2.21. The van der Waals surface area contributed by atoms with Gasteiger partial charge in [-0.05, 0) is 384 Å². The molecular formula is C106H199N21O7. The molecular weight excluding hydrogens is 1680 g/mol. The number of hydrogen-bond donors (Lipinski definition) is 3. The van der Waals surface area contributed by atoms with Gasteiger partial charge in [0.15, 0.2) is 0 Å². The Labute approximate surface area is 816 Å². The first-order chi connectivity index (χ1) is 63.9. The number of carbonyl (C=O) groups is 7. The Hall–Kier alpha value is -5.05. The third-order valence-corrected chi connectivity index (χ3v) is 31.4. The Bertz CT molecular complexity index is 3510. The molecule has 28 nitrogen and oxygen atoms in total. The van der Waals surface area contributed by atoms with Gasteiger partial charge >= 0.3 is 0 Å². The lowest BCUT2D eigenvalue weighted by atomic mass is 9.94. The lowest BCUT2D eigenvalue weighted by Gasteiger charge is -2.40. The number of amides is 7. The van der Waals surface area contributed by atoms with Crippen molar-refractivity contribution >= 4 is 41.4 Å². The molecule has 13 fully saturated rings. The summed E-state index contributed by atoms with van der Waals surface area (Å²) >= 11 is 0. The summed E-state index contributed by atoms with van der Waals surface area (Å²) in [4.78, 5) is 129. The van der Waals surface area contributed by atoms with E-state index in [2.05, 4.69) is 257 Å². The molecule has 1 aromatic carbocycles. The summed E-state index contributed by atoms with van der Waals surface area (Å²) < 4.78 is 0. The highest BCUT2D eigenvalue weighted by molar-refractivity contribution is 5.87. The molecule has 134 heavy (non-hydrogen) atoms. The Morgan fingerprint density at radius 2 is 0.784 bits per heavy atom. The van der Waals surface area contributed by atoms with Crippen LogP contribution in [0, 0.1) is 0 Å². The molecule has 0 radical (unpaired) electrons. The normalized spacial score (nSPS) is 25.5. The number of nitrogens with one attached hydrogen (secondary N) is 3. The fourth-order valence-electron chi connectivity index (χ4n) is 23.4. The number of likely N-dealkylation sites (N-methyl/N-ethyl adjacent to an activating group) is 4. The molecule has 12 heterocycles. The van der Waals surface area contributed by atoms with E-state index in [1.54, 1.807) is 0 Å². The first-order valence-electron chi connectivity index (χ1n) is 54.0. The van der Waals surface area contributed by atoms with E-state index < -0.39 is 0 Å². The van der Waals surface area contributed by atoms with Gasteiger partial charge in [-0.2, -0.15) is 0 Å². The summed E-state index contributed by atoms with van der Waals surface area (Å²) in [6, 6.07) is 16.4. The van der Waals surface area contributed by atoms with Crippen molar-refractivity contribution in [2.45, 2.75) is 373 Å². The highest BCUT2D eigenvalue weighted by Gasteiger charge is 2.46. The molecule has 1 saturated carbocycles. The second-order valence-corrected chi connectivity index (χ2v) is 44.4. The number of likely N-dealkylation sites (tertiary alicyclic amines) is 10. The van der Waals surface area contributed by atoms with E-state index in [1.807, 2.05) is 38.0 Å². The lowest BCUT2D eigenvalue weighted by molar-refractivity contribution is -0.140. The summed E-state index contributed by atoms with van der Waals surface area (Å²) in [5.41, 5.74) is 1.10. The van der Waals surface area contributed by atoms with E-state index in [9.17, 15) is 33.6 Å². The quantitative estimate of drug-likeness (QED) is 0.0680. The van der Waals surface area contributed by atoms with Gasteiger partial charge in [0, 0.05) is 173 Å². The topological polar surface area (TPSA) is 214 Å². The molecule has 1 unspecified atom stereocenters. The predicted molar refractivity (Wildman–Crippen MR) is 550 cm³/mol. The van der Waals surface area contributed by atoms with E-state index in [0.717, 1.165) is 272 Å². The standard InChI is InChI=1S/C19H29N3O.C17H31N3O.2C15H29N3O.C14H27N3O.C14H29N3O.C12H25N3O/c1-16(2)22-10-6-9-18(22)19(23)21-13-11-20(12-14-21)15-17-7-4-3-5-8-17;1-14(2)20-11-5-6-16(20)17(21)19-12-7-15(8-13-19)18-9-3-4-10-18;1-12(2)18-9-5-6-14(18)15(19)17(4)13-7-10-16(3)11-8-13;1-12(2)18-11-5-7-14(18)15(19)16-9-8-13-6-4-10-17(13)3;1-12(2)15-14(6-4-5-7-14)13(18)17-10-8-16(3)9-11-17;1-12(2)17-11-6-8-13(17)14(18)16(5)10-7-9-15(3)4;1-10(2)15-8-5-6-11(15)12(16)13-7-9-14(3)4/h3-5,7-8,16,18H,6,9-15H2,1-2H3;14-16H,3-13H2,1-2H3;12-14H,5-11H2,1-4H3;12-14H,4-11H2,1-3H3,(H,16,19);12,15H,4-11H2,1-3H3;12-13H,6-11H2,1-5H3;10-11H,5-9H2,1-4H3,(H,13,16)/t18-;16-;14-;13?,14-;;13-;11-/m1111.11/s1. The number of carbonyl (C=O) groups excluding carboxylic acids is 7. The van der Waals surface area contributed by atoms with E-state index in [1.165, 1.54) is 83.0 Å². The molecule has 13 aliphatic rings. The molecule has 0 spiro atoms. The molecule has 1 aromatic rings. The van der Waals surface area contributed by atoms with E-state index in [-0.39, 0.29) is 53.6 Å². The van der Waals surface area contributed by atoms with Crippen LogP contribution in [0.25, 0.3) is 0 Å². The Morgan fingerprint density at radius 3 is 1.22 bits per heavy atom. The monoisotopic (exact) mass is 1880 g/mol. The fourth-order valence-corrected chi connectivity index (χ4v) is 23.4. The Kier molecular flexibility index (Phi) is 49.8. The van der Waals surface area contributed by atoms with E-state index in [4.69, 9.17) is 0 Å². The molecule has 7 amide bonds. The minimum atomic E-state index is -0.260. The van der Waals surface area contributed by atoms with Gasteiger partial charge in [-0.15, -0.1) is 0 Å². The average molecular weight is 1880 g/mol.